The molecule has 0 aliphatic carbocycles. The van der Waals surface area contributed by atoms with Gasteiger partial charge in [-0.25, -0.2) is 14.4 Å². The highest BCUT2D eigenvalue weighted by molar-refractivity contribution is 5.96. The van der Waals surface area contributed by atoms with Gasteiger partial charge in [-0.05, 0) is 49.1 Å². The summed E-state index contributed by atoms with van der Waals surface area (Å²) in [6, 6.07) is 8.22. The first kappa shape index (κ1) is 17.1. The fraction of sp³-hybridized carbons (Fsp3) is 0.450. The van der Waals surface area contributed by atoms with E-state index in [9.17, 15) is 9.18 Å². The molecule has 6 heteroatoms. The van der Waals surface area contributed by atoms with E-state index in [0.717, 1.165) is 45.0 Å². The lowest BCUT2D eigenvalue weighted by Crippen LogP contribution is -2.57. The molecule has 26 heavy (non-hydrogen) atoms. The van der Waals surface area contributed by atoms with Crippen LogP contribution < -0.4 is 4.90 Å². The number of Topliss-reactive ketones (excluding diaryl/α,β-unsaturated/α-hetero) is 1. The zero-order valence-electron chi connectivity index (χ0n) is 14.7. The minimum absolute atomic E-state index is 0.116. The topological polar surface area (TPSA) is 49.3 Å². The molecule has 5 nitrogen and oxygen atoms in total. The molecule has 2 saturated heterocycles. The molecule has 2 aromatic rings. The zero-order chi connectivity index (χ0) is 17.9. The number of carbonyl (C=O) groups excluding carboxylic acids is 1. The number of nitrogens with zero attached hydrogens (tertiary/aromatic N) is 4. The van der Waals surface area contributed by atoms with Crippen molar-refractivity contribution in [1.82, 2.24) is 14.9 Å². The second kappa shape index (κ2) is 7.50. The number of carbonyl (C=O) groups is 1. The van der Waals surface area contributed by atoms with E-state index in [1.807, 2.05) is 6.07 Å². The number of halogens is 1. The minimum atomic E-state index is -0.303. The van der Waals surface area contributed by atoms with E-state index in [0.29, 0.717) is 23.9 Å². The van der Waals surface area contributed by atoms with Crippen LogP contribution in [0.15, 0.2) is 42.7 Å². The van der Waals surface area contributed by atoms with Crippen LogP contribution in [0.1, 0.15) is 29.6 Å². The van der Waals surface area contributed by atoms with Crippen LogP contribution in [0.4, 0.5) is 10.3 Å². The summed E-state index contributed by atoms with van der Waals surface area (Å²) in [6.45, 7) is 3.80. The summed E-state index contributed by atoms with van der Waals surface area (Å²) in [5.41, 5.74) is 0.611. The van der Waals surface area contributed by atoms with Gasteiger partial charge in [0, 0.05) is 56.6 Å². The number of ketones is 1. The van der Waals surface area contributed by atoms with Crippen molar-refractivity contribution >= 4 is 11.7 Å². The van der Waals surface area contributed by atoms with Crippen LogP contribution in [-0.2, 0) is 0 Å². The predicted molar refractivity (Wildman–Crippen MR) is 97.7 cm³/mol. The molecule has 0 spiro atoms. The van der Waals surface area contributed by atoms with Crippen LogP contribution in [-0.4, -0.2) is 52.9 Å². The highest BCUT2D eigenvalue weighted by Crippen LogP contribution is 2.29. The van der Waals surface area contributed by atoms with E-state index in [2.05, 4.69) is 19.8 Å². The number of hydrogen-bond acceptors (Lipinski definition) is 5. The van der Waals surface area contributed by atoms with E-state index in [1.54, 1.807) is 24.5 Å². The van der Waals surface area contributed by atoms with Crippen molar-refractivity contribution in [1.29, 1.82) is 0 Å². The number of hydrogen-bond donors (Lipinski definition) is 0. The first-order chi connectivity index (χ1) is 12.7. The summed E-state index contributed by atoms with van der Waals surface area (Å²) >= 11 is 0. The number of benzene rings is 1. The van der Waals surface area contributed by atoms with Crippen molar-refractivity contribution in [2.45, 2.75) is 25.3 Å². The Labute approximate surface area is 152 Å². The van der Waals surface area contributed by atoms with Gasteiger partial charge in [0.25, 0.3) is 0 Å². The molecule has 2 atom stereocenters. The van der Waals surface area contributed by atoms with Gasteiger partial charge in [0.2, 0.25) is 5.95 Å². The molecule has 0 amide bonds. The molecule has 0 radical (unpaired) electrons. The Morgan fingerprint density at radius 2 is 1.85 bits per heavy atom. The van der Waals surface area contributed by atoms with Crippen molar-refractivity contribution in [3.8, 4) is 0 Å². The Balaban J connectivity index is 1.33. The molecule has 1 aromatic heterocycles. The van der Waals surface area contributed by atoms with Crippen molar-refractivity contribution in [3.05, 3.63) is 54.1 Å². The average Bonchev–Trinajstić information content (AvgIpc) is 2.69. The van der Waals surface area contributed by atoms with Gasteiger partial charge in [0.15, 0.2) is 5.78 Å². The molecule has 0 bridgehead atoms. The molecule has 0 N–H and O–H groups in total. The highest BCUT2D eigenvalue weighted by atomic mass is 19.1. The number of rotatable bonds is 4. The Morgan fingerprint density at radius 3 is 2.62 bits per heavy atom. The Kier molecular flexibility index (Phi) is 4.93. The van der Waals surface area contributed by atoms with Gasteiger partial charge >= 0.3 is 0 Å². The second-order valence-corrected chi connectivity index (χ2v) is 7.22. The van der Waals surface area contributed by atoms with E-state index in [-0.39, 0.29) is 11.6 Å². The molecular weight excluding hydrogens is 331 g/mol. The Bertz CT molecular complexity index is 752. The van der Waals surface area contributed by atoms with Gasteiger partial charge in [-0.1, -0.05) is 0 Å². The number of aromatic nitrogens is 2. The third-order valence-corrected chi connectivity index (χ3v) is 5.48. The molecule has 4 rings (SSSR count). The van der Waals surface area contributed by atoms with Gasteiger partial charge in [0.1, 0.15) is 5.82 Å². The average molecular weight is 354 g/mol. The standard InChI is InChI=1S/C20H23FN4O/c21-17-5-3-16(4-6-17)19(26)12-15-2-7-18-14-25(11-10-24(18)13-15)20-22-8-1-9-23-20/h1,3-6,8-9,15,18H,2,7,10-14H2. The van der Waals surface area contributed by atoms with Crippen molar-refractivity contribution in [2.75, 3.05) is 31.1 Å². The van der Waals surface area contributed by atoms with Crippen LogP contribution in [0, 0.1) is 11.7 Å². The lowest BCUT2D eigenvalue weighted by atomic mass is 9.87. The maximum atomic E-state index is 13.0. The van der Waals surface area contributed by atoms with E-state index in [4.69, 9.17) is 0 Å². The molecule has 2 unspecified atom stereocenters. The summed E-state index contributed by atoms with van der Waals surface area (Å²) in [5.74, 6) is 0.996. The van der Waals surface area contributed by atoms with Crippen molar-refractivity contribution in [3.63, 3.8) is 0 Å². The van der Waals surface area contributed by atoms with Gasteiger partial charge < -0.3 is 4.90 Å². The van der Waals surface area contributed by atoms with Gasteiger partial charge in [-0.3, -0.25) is 9.69 Å². The first-order valence-electron chi connectivity index (χ1n) is 9.24. The minimum Gasteiger partial charge on any atom is -0.338 e. The third kappa shape index (κ3) is 3.75. The first-order valence-corrected chi connectivity index (χ1v) is 9.24. The van der Waals surface area contributed by atoms with E-state index >= 15 is 0 Å². The molecule has 3 heterocycles. The van der Waals surface area contributed by atoms with Crippen LogP contribution >= 0.6 is 0 Å². The molecule has 1 aromatic carbocycles. The smallest absolute Gasteiger partial charge is 0.225 e. The van der Waals surface area contributed by atoms with Gasteiger partial charge in [-0.2, -0.15) is 0 Å². The fourth-order valence-electron chi connectivity index (χ4n) is 4.08. The van der Waals surface area contributed by atoms with E-state index < -0.39 is 0 Å². The predicted octanol–water partition coefficient (Wildman–Crippen LogP) is 2.79. The molecule has 136 valence electrons. The maximum absolute atomic E-state index is 13.0. The Hall–Kier alpha value is -2.34. The molecule has 0 saturated carbocycles. The Morgan fingerprint density at radius 1 is 1.08 bits per heavy atom. The number of anilines is 1. The molecular formula is C20H23FN4O. The lowest BCUT2D eigenvalue weighted by Gasteiger charge is -2.46. The molecule has 2 aliphatic rings. The highest BCUT2D eigenvalue weighted by Gasteiger charge is 2.34. The third-order valence-electron chi connectivity index (χ3n) is 5.48. The fourth-order valence-corrected chi connectivity index (χ4v) is 4.08. The van der Waals surface area contributed by atoms with Gasteiger partial charge in [0.05, 0.1) is 0 Å². The summed E-state index contributed by atoms with van der Waals surface area (Å²) in [6.07, 6.45) is 6.25. The monoisotopic (exact) mass is 354 g/mol. The van der Waals surface area contributed by atoms with Crippen LogP contribution in [0.25, 0.3) is 0 Å². The second-order valence-electron chi connectivity index (χ2n) is 7.22. The quantitative estimate of drug-likeness (QED) is 0.790. The van der Waals surface area contributed by atoms with Crippen LogP contribution in [0.3, 0.4) is 0 Å². The van der Waals surface area contributed by atoms with E-state index in [1.165, 1.54) is 12.1 Å². The number of piperazine rings is 1. The van der Waals surface area contributed by atoms with Crippen LogP contribution in [0.5, 0.6) is 0 Å². The SMILES string of the molecule is O=C(CC1CCC2CN(c3ncccn3)CCN2C1)c1ccc(F)cc1. The summed E-state index contributed by atoms with van der Waals surface area (Å²) < 4.78 is 13.0. The molecule has 2 aliphatic heterocycles. The zero-order valence-corrected chi connectivity index (χ0v) is 14.7. The lowest BCUT2D eigenvalue weighted by molar-refractivity contribution is 0.0776. The maximum Gasteiger partial charge on any atom is 0.225 e. The molecule has 2 fully saturated rings. The largest absolute Gasteiger partial charge is 0.338 e. The summed E-state index contributed by atoms with van der Waals surface area (Å²) in [7, 11) is 0. The van der Waals surface area contributed by atoms with Crippen molar-refractivity contribution in [2.24, 2.45) is 5.92 Å². The number of piperidine rings is 1. The summed E-state index contributed by atoms with van der Waals surface area (Å²) in [4.78, 5) is 25.9. The number of fused-ring (bicyclic) bond motifs is 1. The normalized spacial score (nSPS) is 23.5. The van der Waals surface area contributed by atoms with Crippen molar-refractivity contribution < 1.29 is 9.18 Å². The van der Waals surface area contributed by atoms with Crippen LogP contribution in [0.2, 0.25) is 0 Å². The van der Waals surface area contributed by atoms with Gasteiger partial charge in [-0.15, -0.1) is 0 Å². The summed E-state index contributed by atoms with van der Waals surface area (Å²) in [5, 5.41) is 0.